The van der Waals surface area contributed by atoms with Crippen LogP contribution >= 0.6 is 11.8 Å². The summed E-state index contributed by atoms with van der Waals surface area (Å²) in [6.45, 7) is 4.85. The molecule has 6 amide bonds. The molecular formula is C33H45N5O16S2. The summed E-state index contributed by atoms with van der Waals surface area (Å²) in [5.74, 6) is -3.06. The van der Waals surface area contributed by atoms with Gasteiger partial charge in [-0.25, -0.2) is 19.3 Å². The van der Waals surface area contributed by atoms with Crippen molar-refractivity contribution in [3.63, 3.8) is 0 Å². The minimum absolute atomic E-state index is 0.0194. The molecule has 1 aromatic rings. The second-order valence-electron chi connectivity index (χ2n) is 13.0. The molecule has 1 aromatic carbocycles. The summed E-state index contributed by atoms with van der Waals surface area (Å²) >= 11 is 1.48. The van der Waals surface area contributed by atoms with E-state index in [0.717, 1.165) is 17.4 Å². The van der Waals surface area contributed by atoms with E-state index in [1.807, 2.05) is 6.92 Å². The SMILES string of the molecule is CCCOCCNC(=O)CCCOc1cc(C(C)OC(=O)N2C(=O)N[C@@H]3[C@H](CCCCC(=O)ON4C(=O)CC(S(=O)(=O)O)C4=O)SC[C@@H]32)c([N+](=O)[O-])cc1OC. The molecule has 2 unspecified atom stereocenters. The Morgan fingerprint density at radius 3 is 2.52 bits per heavy atom. The van der Waals surface area contributed by atoms with Gasteiger partial charge < -0.3 is 34.4 Å². The standard InChI is InChI=1S/C33H45N5O16S2/c1-4-12-51-14-11-34-27(39)9-7-13-52-24-15-20(21(38(45)46)16-23(24)50-3)19(2)53-33(44)36-22-18-55-25(30(22)35-32(36)43)8-5-6-10-29(41)54-37-28(40)17-26(31(37)42)56(47,48)49/h15-16,19,22,25-26,30H,4-14,17-18H2,1-3H3,(H,34,39)(H,35,43)(H,47,48,49)/t19?,22-,25-,26?,30-/m0/s1. The van der Waals surface area contributed by atoms with Crippen molar-refractivity contribution in [2.45, 2.75) is 93.9 Å². The van der Waals surface area contributed by atoms with Gasteiger partial charge in [0.15, 0.2) is 16.7 Å². The van der Waals surface area contributed by atoms with E-state index in [9.17, 15) is 47.3 Å². The Balaban J connectivity index is 1.28. The number of nitrogens with zero attached hydrogens (tertiary/aromatic N) is 3. The maximum Gasteiger partial charge on any atom is 0.418 e. The van der Waals surface area contributed by atoms with Gasteiger partial charge in [0.2, 0.25) is 5.91 Å². The van der Waals surface area contributed by atoms with Crippen molar-refractivity contribution in [3.05, 3.63) is 27.8 Å². The lowest BCUT2D eigenvalue weighted by molar-refractivity contribution is -0.386. The van der Waals surface area contributed by atoms with Gasteiger partial charge in [-0.05, 0) is 38.7 Å². The second kappa shape index (κ2) is 19.9. The van der Waals surface area contributed by atoms with Crippen LogP contribution in [0.4, 0.5) is 15.3 Å². The average Bonchev–Trinajstić information content (AvgIpc) is 3.78. The number of methoxy groups -OCH3 is 1. The number of rotatable bonds is 21. The molecule has 0 bridgehead atoms. The highest BCUT2D eigenvalue weighted by Crippen LogP contribution is 2.41. The number of nitro groups is 1. The molecule has 310 valence electrons. The first-order valence-corrected chi connectivity index (χ1v) is 20.4. The molecule has 23 heteroatoms. The third-order valence-electron chi connectivity index (χ3n) is 9.02. The number of nitrogens with one attached hydrogen (secondary N) is 2. The number of ether oxygens (including phenoxy) is 4. The lowest BCUT2D eigenvalue weighted by atomic mass is 10.0. The van der Waals surface area contributed by atoms with Gasteiger partial charge in [-0.2, -0.15) is 20.2 Å². The fourth-order valence-electron chi connectivity index (χ4n) is 6.22. The maximum atomic E-state index is 13.4. The molecule has 4 rings (SSSR count). The van der Waals surface area contributed by atoms with Gasteiger partial charge in [-0.1, -0.05) is 13.3 Å². The number of thioether (sulfide) groups is 1. The van der Waals surface area contributed by atoms with Crippen molar-refractivity contribution in [1.82, 2.24) is 20.6 Å². The number of nitro benzene ring substituents is 1. The van der Waals surface area contributed by atoms with Crippen LogP contribution in [0.3, 0.4) is 0 Å². The highest BCUT2D eigenvalue weighted by Gasteiger charge is 2.51. The summed E-state index contributed by atoms with van der Waals surface area (Å²) in [4.78, 5) is 91.8. The quantitative estimate of drug-likeness (QED) is 0.0401. The van der Waals surface area contributed by atoms with E-state index < -0.39 is 80.5 Å². The van der Waals surface area contributed by atoms with E-state index in [1.54, 1.807) is 0 Å². The normalized spacial score (nSPS) is 21.0. The number of carbonyl (C=O) groups is 6. The first kappa shape index (κ1) is 44.0. The molecule has 0 saturated carbocycles. The van der Waals surface area contributed by atoms with Crippen molar-refractivity contribution >= 4 is 63.4 Å². The molecule has 3 heterocycles. The van der Waals surface area contributed by atoms with E-state index in [4.69, 9.17) is 28.3 Å². The molecule has 0 aromatic heterocycles. The lowest BCUT2D eigenvalue weighted by Crippen LogP contribution is -2.42. The van der Waals surface area contributed by atoms with E-state index in [2.05, 4.69) is 10.6 Å². The highest BCUT2D eigenvalue weighted by molar-refractivity contribution is 8.00. The Morgan fingerprint density at radius 2 is 1.86 bits per heavy atom. The topological polar surface area (TPSA) is 277 Å². The first-order chi connectivity index (χ1) is 26.6. The van der Waals surface area contributed by atoms with Crippen LogP contribution in [0.15, 0.2) is 12.1 Å². The van der Waals surface area contributed by atoms with Crippen molar-refractivity contribution < 1.29 is 70.4 Å². The van der Waals surface area contributed by atoms with Crippen LogP contribution in [0.2, 0.25) is 0 Å². The maximum absolute atomic E-state index is 13.4. The van der Waals surface area contributed by atoms with Crippen LogP contribution in [-0.2, 0) is 43.6 Å². The average molecular weight is 832 g/mol. The van der Waals surface area contributed by atoms with E-state index >= 15 is 0 Å². The van der Waals surface area contributed by atoms with Gasteiger partial charge in [0.25, 0.3) is 27.6 Å². The van der Waals surface area contributed by atoms with E-state index in [0.29, 0.717) is 44.8 Å². The molecule has 3 saturated heterocycles. The minimum atomic E-state index is -4.86. The number of hydrogen-bond donors (Lipinski definition) is 3. The summed E-state index contributed by atoms with van der Waals surface area (Å²) in [6, 6.07) is 0.683. The monoisotopic (exact) mass is 831 g/mol. The van der Waals surface area contributed by atoms with Gasteiger partial charge in [-0.3, -0.25) is 29.1 Å². The van der Waals surface area contributed by atoms with Gasteiger partial charge in [-0.15, -0.1) is 5.06 Å². The van der Waals surface area contributed by atoms with Crippen molar-refractivity contribution in [1.29, 1.82) is 0 Å². The first-order valence-electron chi connectivity index (χ1n) is 17.9. The Kier molecular flexibility index (Phi) is 15.6. The second-order valence-corrected chi connectivity index (χ2v) is 15.9. The molecule has 0 radical (unpaired) electrons. The van der Waals surface area contributed by atoms with E-state index in [1.165, 1.54) is 31.9 Å². The van der Waals surface area contributed by atoms with Gasteiger partial charge in [0, 0.05) is 37.0 Å². The van der Waals surface area contributed by atoms with E-state index in [-0.39, 0.29) is 59.2 Å². The van der Waals surface area contributed by atoms with Crippen molar-refractivity contribution in [2.75, 3.05) is 39.2 Å². The molecule has 0 aliphatic carbocycles. The zero-order valence-electron chi connectivity index (χ0n) is 31.0. The molecule has 5 atom stereocenters. The van der Waals surface area contributed by atoms with Crippen LogP contribution in [0.5, 0.6) is 11.5 Å². The number of benzene rings is 1. The number of imide groups is 2. The summed E-state index contributed by atoms with van der Waals surface area (Å²) < 4.78 is 53.7. The summed E-state index contributed by atoms with van der Waals surface area (Å²) in [7, 11) is -3.55. The molecule has 3 aliphatic rings. The molecule has 21 nitrogen and oxygen atoms in total. The zero-order chi connectivity index (χ0) is 41.2. The number of urea groups is 1. The van der Waals surface area contributed by atoms with Gasteiger partial charge in [0.05, 0.1) is 55.4 Å². The summed E-state index contributed by atoms with van der Waals surface area (Å²) in [6.07, 6.45) is -0.762. The Morgan fingerprint density at radius 1 is 1.11 bits per heavy atom. The van der Waals surface area contributed by atoms with Crippen LogP contribution in [0.1, 0.15) is 76.9 Å². The number of hydroxylamine groups is 2. The molecule has 56 heavy (non-hydrogen) atoms. The van der Waals surface area contributed by atoms with Gasteiger partial charge in [0.1, 0.15) is 6.10 Å². The van der Waals surface area contributed by atoms with Crippen LogP contribution < -0.4 is 20.1 Å². The van der Waals surface area contributed by atoms with Gasteiger partial charge >= 0.3 is 18.1 Å². The number of hydrogen-bond acceptors (Lipinski definition) is 16. The molecule has 0 spiro atoms. The fourth-order valence-corrected chi connectivity index (χ4v) is 8.52. The predicted octanol–water partition coefficient (Wildman–Crippen LogP) is 2.41. The third kappa shape index (κ3) is 11.2. The largest absolute Gasteiger partial charge is 0.493 e. The fraction of sp³-hybridized carbons (Fsp3) is 0.636. The number of fused-ring (bicyclic) bond motifs is 1. The Hall–Kier alpha value is -4.74. The molecular weight excluding hydrogens is 787 g/mol. The van der Waals surface area contributed by atoms with Crippen LogP contribution in [-0.4, -0.2) is 125 Å². The minimum Gasteiger partial charge on any atom is -0.493 e. The molecule has 3 fully saturated rings. The highest BCUT2D eigenvalue weighted by atomic mass is 32.2. The number of unbranched alkanes of at least 4 members (excludes halogenated alkanes) is 1. The molecule has 3 aliphatic heterocycles. The Labute approximate surface area is 326 Å². The number of carbonyl (C=O) groups excluding carboxylic acids is 6. The van der Waals surface area contributed by atoms with Crippen molar-refractivity contribution in [3.8, 4) is 11.5 Å². The lowest BCUT2D eigenvalue weighted by Gasteiger charge is -2.22. The summed E-state index contributed by atoms with van der Waals surface area (Å²) in [5, 5.41) is 15.4. The zero-order valence-corrected chi connectivity index (χ0v) is 32.6. The third-order valence-corrected chi connectivity index (χ3v) is 11.6. The van der Waals surface area contributed by atoms with Crippen molar-refractivity contribution in [2.24, 2.45) is 0 Å². The predicted molar refractivity (Wildman–Crippen MR) is 194 cm³/mol. The Bertz CT molecular complexity index is 1780. The smallest absolute Gasteiger partial charge is 0.418 e. The van der Waals surface area contributed by atoms with Crippen LogP contribution in [0.25, 0.3) is 0 Å². The van der Waals surface area contributed by atoms with Crippen LogP contribution in [0, 0.1) is 10.1 Å². The number of amides is 6. The molecule has 3 N–H and O–H groups in total. The summed E-state index contributed by atoms with van der Waals surface area (Å²) in [5.41, 5.74) is -0.432.